The van der Waals surface area contributed by atoms with Crippen molar-refractivity contribution < 1.29 is 0 Å². The number of nitrogens with two attached hydrogens (primary N) is 1. The first-order valence-corrected chi connectivity index (χ1v) is 5.08. The van der Waals surface area contributed by atoms with E-state index in [0.717, 1.165) is 5.75 Å². The third-order valence-electron chi connectivity index (χ3n) is 1.12. The highest BCUT2D eigenvalue weighted by Gasteiger charge is 1.96. The van der Waals surface area contributed by atoms with Crippen LogP contribution >= 0.6 is 23.1 Å². The van der Waals surface area contributed by atoms with E-state index >= 15 is 0 Å². The van der Waals surface area contributed by atoms with Crippen LogP contribution in [0.25, 0.3) is 0 Å². The van der Waals surface area contributed by atoms with Gasteiger partial charge in [-0.2, -0.15) is 0 Å². The van der Waals surface area contributed by atoms with Gasteiger partial charge < -0.3 is 5.73 Å². The lowest BCUT2D eigenvalue weighted by atomic mass is 10.5. The summed E-state index contributed by atoms with van der Waals surface area (Å²) in [4.78, 5) is 1.27. The molecule has 0 fully saturated rings. The molecular weight excluding hydrogens is 162 g/mol. The average molecular weight is 173 g/mol. The highest BCUT2D eigenvalue weighted by Crippen LogP contribution is 2.26. The van der Waals surface area contributed by atoms with Crippen LogP contribution in [0.1, 0.15) is 11.8 Å². The molecule has 0 atom stereocenters. The molecule has 0 aliphatic rings. The molecule has 1 nitrogen and oxygen atoms in total. The summed E-state index contributed by atoms with van der Waals surface area (Å²) in [7, 11) is 0. The van der Waals surface area contributed by atoms with Gasteiger partial charge in [-0.1, -0.05) is 6.92 Å². The Morgan fingerprint density at radius 1 is 1.60 bits per heavy atom. The monoisotopic (exact) mass is 173 g/mol. The summed E-state index contributed by atoms with van der Waals surface area (Å²) in [5.41, 5.74) is 5.46. The van der Waals surface area contributed by atoms with Crippen LogP contribution in [0.4, 0.5) is 0 Å². The summed E-state index contributed by atoms with van der Waals surface area (Å²) in [5, 5.41) is 0. The van der Waals surface area contributed by atoms with Gasteiger partial charge in [0.25, 0.3) is 0 Å². The van der Waals surface area contributed by atoms with Gasteiger partial charge in [-0.25, -0.2) is 0 Å². The Labute approximate surface area is 69.6 Å². The van der Waals surface area contributed by atoms with Crippen molar-refractivity contribution in [3.63, 3.8) is 0 Å². The minimum atomic E-state index is 0.676. The summed E-state index contributed by atoms with van der Waals surface area (Å²) in [6, 6.07) is 4.24. The van der Waals surface area contributed by atoms with Crippen molar-refractivity contribution in [2.75, 3.05) is 5.75 Å². The Morgan fingerprint density at radius 2 is 2.40 bits per heavy atom. The maximum Gasteiger partial charge on any atom is 0.0601 e. The van der Waals surface area contributed by atoms with E-state index in [1.807, 2.05) is 11.8 Å². The van der Waals surface area contributed by atoms with Gasteiger partial charge in [0.2, 0.25) is 0 Å². The van der Waals surface area contributed by atoms with Gasteiger partial charge in [0.15, 0.2) is 0 Å². The second-order valence-electron chi connectivity index (χ2n) is 1.86. The molecule has 0 unspecified atom stereocenters. The van der Waals surface area contributed by atoms with Crippen molar-refractivity contribution in [2.24, 2.45) is 5.73 Å². The molecule has 0 bridgehead atoms. The third-order valence-corrected chi connectivity index (χ3v) is 3.34. The number of rotatable bonds is 3. The molecule has 1 aromatic heterocycles. The van der Waals surface area contributed by atoms with Crippen LogP contribution < -0.4 is 5.73 Å². The number of hydrogen-bond donors (Lipinski definition) is 1. The van der Waals surface area contributed by atoms with Crippen LogP contribution in [0.5, 0.6) is 0 Å². The lowest BCUT2D eigenvalue weighted by molar-refractivity contribution is 1.11. The van der Waals surface area contributed by atoms with Crippen LogP contribution in [-0.2, 0) is 6.54 Å². The van der Waals surface area contributed by atoms with Crippen molar-refractivity contribution in [1.82, 2.24) is 0 Å². The molecule has 0 radical (unpaired) electrons. The summed E-state index contributed by atoms with van der Waals surface area (Å²) >= 11 is 3.67. The predicted octanol–water partition coefficient (Wildman–Crippen LogP) is 2.32. The topological polar surface area (TPSA) is 26.0 Å². The van der Waals surface area contributed by atoms with E-state index in [1.54, 1.807) is 11.3 Å². The largest absolute Gasteiger partial charge is 0.326 e. The average Bonchev–Trinajstić information content (AvgIpc) is 2.37. The lowest BCUT2D eigenvalue weighted by Gasteiger charge is -1.88. The molecule has 0 aliphatic heterocycles. The molecule has 56 valence electrons. The Balaban J connectivity index is 2.59. The van der Waals surface area contributed by atoms with Crippen molar-refractivity contribution in [1.29, 1.82) is 0 Å². The molecule has 3 heteroatoms. The lowest BCUT2D eigenvalue weighted by Crippen LogP contribution is -1.90. The second kappa shape index (κ2) is 4.01. The van der Waals surface area contributed by atoms with Crippen LogP contribution in [0.15, 0.2) is 16.3 Å². The van der Waals surface area contributed by atoms with Gasteiger partial charge in [0.1, 0.15) is 0 Å². The molecule has 0 saturated heterocycles. The SMILES string of the molecule is CCSc1ccc(CN)s1. The number of hydrogen-bond acceptors (Lipinski definition) is 3. The van der Waals surface area contributed by atoms with E-state index in [4.69, 9.17) is 5.73 Å². The molecule has 1 aromatic rings. The zero-order valence-electron chi connectivity index (χ0n) is 5.96. The summed E-state index contributed by atoms with van der Waals surface area (Å²) in [6.07, 6.45) is 0. The molecule has 0 spiro atoms. The third kappa shape index (κ3) is 2.01. The predicted molar refractivity (Wildman–Crippen MR) is 48.6 cm³/mol. The summed E-state index contributed by atoms with van der Waals surface area (Å²) in [5.74, 6) is 1.14. The number of thiophene rings is 1. The molecule has 0 amide bonds. The first-order chi connectivity index (χ1) is 4.86. The van der Waals surface area contributed by atoms with Gasteiger partial charge >= 0.3 is 0 Å². The minimum Gasteiger partial charge on any atom is -0.326 e. The van der Waals surface area contributed by atoms with E-state index in [0.29, 0.717) is 6.54 Å². The van der Waals surface area contributed by atoms with Gasteiger partial charge in [0.05, 0.1) is 4.21 Å². The molecule has 2 N–H and O–H groups in total. The van der Waals surface area contributed by atoms with Crippen LogP contribution in [0.3, 0.4) is 0 Å². The van der Waals surface area contributed by atoms with E-state index in [9.17, 15) is 0 Å². The second-order valence-corrected chi connectivity index (χ2v) is 4.59. The molecule has 0 aliphatic carbocycles. The minimum absolute atomic E-state index is 0.676. The van der Waals surface area contributed by atoms with Gasteiger partial charge in [0, 0.05) is 11.4 Å². The highest BCUT2D eigenvalue weighted by molar-refractivity contribution is 8.01. The molecular formula is C7H11NS2. The number of thioether (sulfide) groups is 1. The molecule has 1 rings (SSSR count). The maximum atomic E-state index is 5.46. The van der Waals surface area contributed by atoms with Crippen LogP contribution in [-0.4, -0.2) is 5.75 Å². The Bertz CT molecular complexity index is 195. The first kappa shape index (κ1) is 8.11. The summed E-state index contributed by atoms with van der Waals surface area (Å²) < 4.78 is 1.38. The molecule has 0 aromatic carbocycles. The smallest absolute Gasteiger partial charge is 0.0601 e. The Morgan fingerprint density at radius 3 is 2.90 bits per heavy atom. The van der Waals surface area contributed by atoms with Crippen molar-refractivity contribution in [2.45, 2.75) is 17.7 Å². The van der Waals surface area contributed by atoms with E-state index in [-0.39, 0.29) is 0 Å². The highest BCUT2D eigenvalue weighted by atomic mass is 32.2. The van der Waals surface area contributed by atoms with Crippen molar-refractivity contribution in [3.8, 4) is 0 Å². The Kier molecular flexibility index (Phi) is 3.25. The first-order valence-electron chi connectivity index (χ1n) is 3.28. The van der Waals surface area contributed by atoms with E-state index in [2.05, 4.69) is 19.1 Å². The normalized spacial score (nSPS) is 10.2. The fourth-order valence-electron chi connectivity index (χ4n) is 0.688. The standard InChI is InChI=1S/C7H11NS2/c1-2-9-7-4-3-6(5-8)10-7/h3-4H,2,5,8H2,1H3. The van der Waals surface area contributed by atoms with E-state index < -0.39 is 0 Å². The van der Waals surface area contributed by atoms with Crippen molar-refractivity contribution >= 4 is 23.1 Å². The van der Waals surface area contributed by atoms with Crippen molar-refractivity contribution in [3.05, 3.63) is 17.0 Å². The Hall–Kier alpha value is 0.01000. The molecule has 1 heterocycles. The van der Waals surface area contributed by atoms with Gasteiger partial charge in [-0.3, -0.25) is 0 Å². The maximum absolute atomic E-state index is 5.46. The van der Waals surface area contributed by atoms with Gasteiger partial charge in [-0.15, -0.1) is 23.1 Å². The van der Waals surface area contributed by atoms with E-state index in [1.165, 1.54) is 9.09 Å². The molecule has 10 heavy (non-hydrogen) atoms. The molecule has 0 saturated carbocycles. The zero-order valence-corrected chi connectivity index (χ0v) is 7.60. The van der Waals surface area contributed by atoms with Crippen LogP contribution in [0.2, 0.25) is 0 Å². The fraction of sp³-hybridized carbons (Fsp3) is 0.429. The van der Waals surface area contributed by atoms with Gasteiger partial charge in [-0.05, 0) is 17.9 Å². The summed E-state index contributed by atoms with van der Waals surface area (Å²) in [6.45, 7) is 2.83. The fourth-order valence-corrected chi connectivity index (χ4v) is 2.66. The zero-order chi connectivity index (χ0) is 7.40. The quantitative estimate of drug-likeness (QED) is 0.710. The van der Waals surface area contributed by atoms with Crippen LogP contribution in [0, 0.1) is 0 Å².